The number of fused-ring (bicyclic) bond motifs is 1. The topological polar surface area (TPSA) is 103 Å². The lowest BCUT2D eigenvalue weighted by Gasteiger charge is -2.46. The van der Waals surface area contributed by atoms with Crippen LogP contribution in [0.25, 0.3) is 0 Å². The monoisotopic (exact) mass is 530 g/mol. The molecule has 1 spiro atoms. The Morgan fingerprint density at radius 1 is 1.16 bits per heavy atom. The molecule has 38 heavy (non-hydrogen) atoms. The molecule has 3 N–H and O–H groups in total. The molecule has 1 amide bonds. The van der Waals surface area contributed by atoms with Crippen LogP contribution in [0, 0.1) is 11.8 Å². The van der Waals surface area contributed by atoms with Gasteiger partial charge in [-0.2, -0.15) is 0 Å². The molecule has 0 unspecified atom stereocenters. The fraction of sp³-hybridized carbons (Fsp3) is 0.767. The Balaban J connectivity index is 1.44. The van der Waals surface area contributed by atoms with E-state index in [2.05, 4.69) is 12.1 Å². The van der Waals surface area contributed by atoms with Crippen LogP contribution in [0.4, 0.5) is 0 Å². The number of methoxy groups -OCH3 is 2. The summed E-state index contributed by atoms with van der Waals surface area (Å²) >= 11 is 0. The number of carbonyl (C=O) groups excluding carboxylic acids is 1. The van der Waals surface area contributed by atoms with Gasteiger partial charge in [-0.25, -0.2) is 0 Å². The lowest BCUT2D eigenvalue weighted by atomic mass is 9.73. The quantitative estimate of drug-likeness (QED) is 0.463. The Labute approximate surface area is 227 Å². The summed E-state index contributed by atoms with van der Waals surface area (Å²) in [5.74, 6) is 1.07. The first kappa shape index (κ1) is 27.7. The maximum Gasteiger partial charge on any atom is 0.251 e. The second-order valence-electron chi connectivity index (χ2n) is 11.9. The molecule has 5 atom stereocenters. The number of aliphatic hydroxyl groups excluding tert-OH is 1. The van der Waals surface area contributed by atoms with E-state index in [0.29, 0.717) is 26.0 Å². The number of carbonyl (C=O) groups is 1. The molecule has 2 heterocycles. The maximum atomic E-state index is 13.5. The zero-order valence-electron chi connectivity index (χ0n) is 23.2. The average Bonchev–Trinajstić information content (AvgIpc) is 3.47. The molecular weight excluding hydrogens is 484 g/mol. The van der Waals surface area contributed by atoms with E-state index in [-0.39, 0.29) is 23.8 Å². The number of nitrogens with two attached hydrogens (primary N) is 1. The minimum absolute atomic E-state index is 0.103. The summed E-state index contributed by atoms with van der Waals surface area (Å²) in [5.41, 5.74) is 6.46. The van der Waals surface area contributed by atoms with Gasteiger partial charge in [0, 0.05) is 70.2 Å². The molecule has 1 saturated heterocycles. The van der Waals surface area contributed by atoms with Gasteiger partial charge in [0.1, 0.15) is 5.60 Å². The Bertz CT molecular complexity index is 956. The fourth-order valence-corrected chi connectivity index (χ4v) is 7.37. The number of piperidine rings is 1. The number of para-hydroxylation sites is 1. The summed E-state index contributed by atoms with van der Waals surface area (Å²) in [6.07, 6.45) is 10.2. The van der Waals surface area contributed by atoms with Crippen molar-refractivity contribution in [3.63, 3.8) is 0 Å². The number of benzene rings is 1. The standard InChI is InChI=1S/C30H46N2O6/c1-35-17-7-6-15-30(36-2,22-10-9-16-32(20-22)28(34)21-18-24(31)25(33)19-21)23-11-8-12-26-27(23)38-29(37-26)13-4-3-5-14-29/h8,11-12,21-22,24-25,33H,3-7,9-10,13-20,31H2,1-2H3/t21-,22+,24+,25-,30-/m0/s1. The van der Waals surface area contributed by atoms with E-state index in [0.717, 1.165) is 81.4 Å². The predicted octanol–water partition coefficient (Wildman–Crippen LogP) is 4.11. The molecule has 8 nitrogen and oxygen atoms in total. The normalized spacial score (nSPS) is 29.9. The molecule has 3 fully saturated rings. The Kier molecular flexibility index (Phi) is 8.53. The van der Waals surface area contributed by atoms with Crippen LogP contribution in [0.3, 0.4) is 0 Å². The first-order valence-corrected chi connectivity index (χ1v) is 14.7. The predicted molar refractivity (Wildman–Crippen MR) is 144 cm³/mol. The SMILES string of the molecule is COCCCC[C@@](OC)(c1cccc2c1OC1(CCCCC1)O2)[C@@H]1CCCN(C(=O)[C@H]2C[C@@H](N)[C@@H](O)C2)C1. The molecule has 0 radical (unpaired) electrons. The molecule has 1 aromatic carbocycles. The molecule has 1 aromatic rings. The van der Waals surface area contributed by atoms with Crippen molar-refractivity contribution in [1.82, 2.24) is 4.90 Å². The van der Waals surface area contributed by atoms with Crippen molar-refractivity contribution in [3.8, 4) is 11.5 Å². The van der Waals surface area contributed by atoms with E-state index in [9.17, 15) is 9.90 Å². The smallest absolute Gasteiger partial charge is 0.251 e. The van der Waals surface area contributed by atoms with Gasteiger partial charge in [-0.1, -0.05) is 18.6 Å². The second-order valence-corrected chi connectivity index (χ2v) is 11.9. The lowest BCUT2D eigenvalue weighted by Crippen LogP contribution is -2.50. The third-order valence-electron chi connectivity index (χ3n) is 9.46. The summed E-state index contributed by atoms with van der Waals surface area (Å²) in [4.78, 5) is 15.5. The van der Waals surface area contributed by atoms with Crippen LogP contribution in [-0.2, 0) is 19.9 Å². The van der Waals surface area contributed by atoms with Gasteiger partial charge in [0.05, 0.1) is 6.10 Å². The van der Waals surface area contributed by atoms with Gasteiger partial charge in [-0.05, 0) is 63.9 Å². The second kappa shape index (κ2) is 11.7. The van der Waals surface area contributed by atoms with Crippen LogP contribution in [0.1, 0.15) is 82.6 Å². The van der Waals surface area contributed by atoms with E-state index >= 15 is 0 Å². The highest BCUT2D eigenvalue weighted by molar-refractivity contribution is 5.79. The van der Waals surface area contributed by atoms with Crippen LogP contribution in [-0.4, -0.2) is 67.8 Å². The Hall–Kier alpha value is -1.87. The first-order valence-electron chi connectivity index (χ1n) is 14.7. The number of amides is 1. The van der Waals surface area contributed by atoms with Gasteiger partial charge < -0.3 is 34.7 Å². The largest absolute Gasteiger partial charge is 0.448 e. The zero-order chi connectivity index (χ0) is 26.8. The molecule has 212 valence electrons. The van der Waals surface area contributed by atoms with Crippen molar-refractivity contribution < 1.29 is 28.8 Å². The summed E-state index contributed by atoms with van der Waals surface area (Å²) in [7, 11) is 3.54. The number of unbranched alkanes of at least 4 members (excludes halogenated alkanes) is 1. The van der Waals surface area contributed by atoms with Crippen molar-refractivity contribution in [3.05, 3.63) is 23.8 Å². The van der Waals surface area contributed by atoms with Crippen LogP contribution < -0.4 is 15.2 Å². The number of aliphatic hydroxyl groups is 1. The van der Waals surface area contributed by atoms with Gasteiger partial charge in [-0.15, -0.1) is 0 Å². The van der Waals surface area contributed by atoms with E-state index in [1.165, 1.54) is 6.42 Å². The van der Waals surface area contributed by atoms with Gasteiger partial charge in [0.25, 0.3) is 5.79 Å². The number of rotatable bonds is 9. The fourth-order valence-electron chi connectivity index (χ4n) is 7.37. The minimum Gasteiger partial charge on any atom is -0.448 e. The molecule has 4 aliphatic rings. The summed E-state index contributed by atoms with van der Waals surface area (Å²) in [5, 5.41) is 10.2. The van der Waals surface area contributed by atoms with Gasteiger partial charge in [-0.3, -0.25) is 4.79 Å². The van der Waals surface area contributed by atoms with Crippen LogP contribution in [0.15, 0.2) is 18.2 Å². The van der Waals surface area contributed by atoms with Crippen LogP contribution in [0.5, 0.6) is 11.5 Å². The highest BCUT2D eigenvalue weighted by Crippen LogP contribution is 2.54. The van der Waals surface area contributed by atoms with E-state index in [4.69, 9.17) is 24.7 Å². The third kappa shape index (κ3) is 5.29. The number of likely N-dealkylation sites (tertiary alicyclic amines) is 1. The lowest BCUT2D eigenvalue weighted by molar-refractivity contribution is -0.143. The van der Waals surface area contributed by atoms with Crippen LogP contribution in [0.2, 0.25) is 0 Å². The van der Waals surface area contributed by atoms with E-state index in [1.54, 1.807) is 14.2 Å². The van der Waals surface area contributed by atoms with Gasteiger partial charge >= 0.3 is 0 Å². The molecule has 2 aliphatic heterocycles. The van der Waals surface area contributed by atoms with Crippen LogP contribution >= 0.6 is 0 Å². The first-order chi connectivity index (χ1) is 18.4. The Morgan fingerprint density at radius 3 is 2.68 bits per heavy atom. The van der Waals surface area contributed by atoms with E-state index in [1.807, 2.05) is 11.0 Å². The van der Waals surface area contributed by atoms with Crippen molar-refractivity contribution in [2.45, 2.75) is 101 Å². The van der Waals surface area contributed by atoms with E-state index < -0.39 is 17.5 Å². The summed E-state index contributed by atoms with van der Waals surface area (Å²) in [6, 6.07) is 5.88. The number of nitrogens with zero attached hydrogens (tertiary/aromatic N) is 1. The molecule has 0 aromatic heterocycles. The molecule has 2 aliphatic carbocycles. The van der Waals surface area contributed by atoms with Crippen molar-refractivity contribution in [2.24, 2.45) is 17.6 Å². The molecule has 8 heteroatoms. The van der Waals surface area contributed by atoms with Gasteiger partial charge in [0.15, 0.2) is 11.5 Å². The van der Waals surface area contributed by atoms with Crippen molar-refractivity contribution in [1.29, 1.82) is 0 Å². The highest BCUT2D eigenvalue weighted by Gasteiger charge is 2.50. The molecule has 0 bridgehead atoms. The molecule has 5 rings (SSSR count). The minimum atomic E-state index is -0.618. The average molecular weight is 531 g/mol. The number of hydrogen-bond donors (Lipinski definition) is 2. The van der Waals surface area contributed by atoms with Gasteiger partial charge in [0.2, 0.25) is 5.91 Å². The zero-order valence-corrected chi connectivity index (χ0v) is 23.2. The Morgan fingerprint density at radius 2 is 1.97 bits per heavy atom. The summed E-state index contributed by atoms with van der Waals surface area (Å²) < 4.78 is 25.1. The highest BCUT2D eigenvalue weighted by atomic mass is 16.7. The number of ether oxygens (including phenoxy) is 4. The summed E-state index contributed by atoms with van der Waals surface area (Å²) in [6.45, 7) is 2.06. The molecule has 2 saturated carbocycles. The molecular formula is C30H46N2O6. The van der Waals surface area contributed by atoms with Crippen molar-refractivity contribution in [2.75, 3.05) is 33.9 Å². The van der Waals surface area contributed by atoms with Crippen molar-refractivity contribution >= 4 is 5.91 Å². The third-order valence-corrected chi connectivity index (χ3v) is 9.46. The number of hydrogen-bond acceptors (Lipinski definition) is 7. The maximum absolute atomic E-state index is 13.5.